The van der Waals surface area contributed by atoms with Gasteiger partial charge in [0.05, 0.1) is 11.2 Å². The molecule has 1 saturated heterocycles. The zero-order valence-electron chi connectivity index (χ0n) is 24.4. The Balaban J connectivity index is 1.33. The molecule has 2 fully saturated rings. The topological polar surface area (TPSA) is 117 Å². The maximum atomic E-state index is 12.8. The Bertz CT molecular complexity index is 1210. The lowest BCUT2D eigenvalue weighted by Crippen LogP contribution is -2.58. The van der Waals surface area contributed by atoms with Crippen LogP contribution in [0.15, 0.2) is 41.3 Å². The first-order valence-electron chi connectivity index (χ1n) is 14.7. The molecule has 4 rings (SSSR count). The number of urea groups is 1. The molecule has 2 heterocycles. The quantitative estimate of drug-likeness (QED) is 0.520. The fourth-order valence-electron chi connectivity index (χ4n) is 5.97. The van der Waals surface area contributed by atoms with Crippen LogP contribution in [0.1, 0.15) is 65.4 Å². The number of hydrogen-bond donors (Lipinski definition) is 2. The number of carbonyl (C=O) groups is 2. The number of likely N-dealkylation sites (N-methyl/N-ethyl adjacent to an activating group) is 1. The fraction of sp³-hybridized carbons (Fsp3) is 0.600. The van der Waals surface area contributed by atoms with E-state index in [4.69, 9.17) is 5.73 Å². The molecule has 0 radical (unpaired) electrons. The summed E-state index contributed by atoms with van der Waals surface area (Å²) in [4.78, 5) is 47.9. The molecule has 1 saturated carbocycles. The van der Waals surface area contributed by atoms with Gasteiger partial charge in [-0.3, -0.25) is 19.6 Å². The number of aromatic nitrogens is 2. The monoisotopic (exact) mass is 551 g/mol. The van der Waals surface area contributed by atoms with Gasteiger partial charge in [0.1, 0.15) is 5.82 Å². The molecule has 2 aromatic rings. The van der Waals surface area contributed by atoms with E-state index in [9.17, 15) is 14.4 Å². The van der Waals surface area contributed by atoms with Crippen LogP contribution in [-0.2, 0) is 11.2 Å². The maximum Gasteiger partial charge on any atom is 0.354 e. The molecule has 1 atom stereocenters. The normalized spacial score (nSPS) is 17.6. The first-order chi connectivity index (χ1) is 19.1. The molecule has 1 aromatic carbocycles. The van der Waals surface area contributed by atoms with Crippen LogP contribution >= 0.6 is 0 Å². The summed E-state index contributed by atoms with van der Waals surface area (Å²) in [6.07, 6.45) is 9.23. The van der Waals surface area contributed by atoms with Crippen LogP contribution in [-0.4, -0.2) is 86.5 Å². The summed E-state index contributed by atoms with van der Waals surface area (Å²) in [5.41, 5.74) is 6.48. The number of nitrogens with zero attached hydrogens (tertiary/aromatic N) is 5. The molecule has 40 heavy (non-hydrogen) atoms. The minimum Gasteiger partial charge on any atom is -0.338 e. The summed E-state index contributed by atoms with van der Waals surface area (Å²) in [5, 5.41) is 2.71. The predicted octanol–water partition coefficient (Wildman–Crippen LogP) is 3.23. The molecule has 10 heteroatoms. The zero-order chi connectivity index (χ0) is 28.9. The summed E-state index contributed by atoms with van der Waals surface area (Å²) in [6.45, 7) is 10.6. The SMILES string of the molecule is CCN(C(C)Cc1ccc(-n2ccc(NC(=O)N3CCN(C(=O)C(C)(C)N)CC3)nc2=O)cc1)C1CCCCC1. The molecule has 0 bridgehead atoms. The van der Waals surface area contributed by atoms with Gasteiger partial charge in [-0.25, -0.2) is 9.59 Å². The Morgan fingerprint density at radius 1 is 1.05 bits per heavy atom. The van der Waals surface area contributed by atoms with Crippen molar-refractivity contribution in [2.24, 2.45) is 5.73 Å². The number of nitrogens with two attached hydrogens (primary N) is 1. The second kappa shape index (κ2) is 13.0. The lowest BCUT2D eigenvalue weighted by molar-refractivity contribution is -0.137. The summed E-state index contributed by atoms with van der Waals surface area (Å²) in [7, 11) is 0. The first-order valence-corrected chi connectivity index (χ1v) is 14.7. The van der Waals surface area contributed by atoms with Gasteiger partial charge in [-0.2, -0.15) is 4.98 Å². The standard InChI is InChI=1S/C30H45N7O3/c1-5-36(24-9-7-6-8-10-24)22(2)21-23-11-13-25(14-12-23)37-16-15-26(33-29(37)40)32-28(39)35-19-17-34(18-20-35)27(38)30(3,4)31/h11-16,22,24H,5-10,17-21,31H2,1-4H3,(H,32,33,39,40). The number of carbonyl (C=O) groups excluding carboxylic acids is 2. The third-order valence-electron chi connectivity index (χ3n) is 8.16. The van der Waals surface area contributed by atoms with E-state index in [0.717, 1.165) is 18.7 Å². The molecule has 2 aliphatic rings. The summed E-state index contributed by atoms with van der Waals surface area (Å²) in [5.74, 6) is 0.0587. The lowest BCUT2D eigenvalue weighted by atomic mass is 9.92. The predicted molar refractivity (Wildman–Crippen MR) is 158 cm³/mol. The minimum absolute atomic E-state index is 0.136. The van der Waals surface area contributed by atoms with Gasteiger partial charge in [-0.05, 0) is 70.3 Å². The second-order valence-corrected chi connectivity index (χ2v) is 11.7. The van der Waals surface area contributed by atoms with Gasteiger partial charge in [0.2, 0.25) is 5.91 Å². The number of hydrogen-bond acceptors (Lipinski definition) is 6. The Morgan fingerprint density at radius 3 is 2.25 bits per heavy atom. The van der Waals surface area contributed by atoms with Gasteiger partial charge in [0, 0.05) is 44.5 Å². The van der Waals surface area contributed by atoms with E-state index in [-0.39, 0.29) is 17.8 Å². The molecule has 218 valence electrons. The van der Waals surface area contributed by atoms with Gasteiger partial charge in [0.25, 0.3) is 0 Å². The highest BCUT2D eigenvalue weighted by Crippen LogP contribution is 2.25. The van der Waals surface area contributed by atoms with Crippen LogP contribution in [0.25, 0.3) is 5.69 Å². The van der Waals surface area contributed by atoms with E-state index < -0.39 is 11.2 Å². The number of amides is 3. The third kappa shape index (κ3) is 7.28. The lowest BCUT2D eigenvalue weighted by Gasteiger charge is -2.38. The van der Waals surface area contributed by atoms with Crippen molar-refractivity contribution in [1.29, 1.82) is 0 Å². The molecule has 1 aliphatic carbocycles. The van der Waals surface area contributed by atoms with Crippen molar-refractivity contribution in [3.8, 4) is 5.69 Å². The van der Waals surface area contributed by atoms with E-state index in [0.29, 0.717) is 38.3 Å². The van der Waals surface area contributed by atoms with Crippen LogP contribution in [0.2, 0.25) is 0 Å². The molecule has 0 spiro atoms. The Morgan fingerprint density at radius 2 is 1.68 bits per heavy atom. The molecule has 1 aliphatic heterocycles. The molecular weight excluding hydrogens is 506 g/mol. The Hall–Kier alpha value is -3.24. The average molecular weight is 552 g/mol. The summed E-state index contributed by atoms with van der Waals surface area (Å²) >= 11 is 0. The van der Waals surface area contributed by atoms with Gasteiger partial charge in [-0.15, -0.1) is 0 Å². The Kier molecular flexibility index (Phi) is 9.63. The fourth-order valence-corrected chi connectivity index (χ4v) is 5.97. The number of benzene rings is 1. The van der Waals surface area contributed by atoms with Gasteiger partial charge < -0.3 is 15.5 Å². The van der Waals surface area contributed by atoms with E-state index in [1.54, 1.807) is 35.9 Å². The highest BCUT2D eigenvalue weighted by Gasteiger charge is 2.31. The van der Waals surface area contributed by atoms with Crippen LogP contribution in [0.5, 0.6) is 0 Å². The maximum absolute atomic E-state index is 12.8. The molecule has 3 N–H and O–H groups in total. The number of anilines is 1. The van der Waals surface area contributed by atoms with Crippen LogP contribution < -0.4 is 16.7 Å². The first kappa shape index (κ1) is 29.7. The van der Waals surface area contributed by atoms with Crippen molar-refractivity contribution in [3.63, 3.8) is 0 Å². The van der Waals surface area contributed by atoms with Crippen LogP contribution in [0, 0.1) is 0 Å². The molecule has 10 nitrogen and oxygen atoms in total. The van der Waals surface area contributed by atoms with Gasteiger partial charge in [0.15, 0.2) is 0 Å². The molecule has 3 amide bonds. The van der Waals surface area contributed by atoms with Crippen molar-refractivity contribution in [2.45, 2.75) is 83.8 Å². The van der Waals surface area contributed by atoms with E-state index in [2.05, 4.69) is 41.2 Å². The minimum atomic E-state index is -0.943. The van der Waals surface area contributed by atoms with Crippen molar-refractivity contribution in [2.75, 3.05) is 38.0 Å². The van der Waals surface area contributed by atoms with Gasteiger partial charge >= 0.3 is 11.7 Å². The largest absolute Gasteiger partial charge is 0.354 e. The average Bonchev–Trinajstić information content (AvgIpc) is 2.94. The van der Waals surface area contributed by atoms with Crippen molar-refractivity contribution in [3.05, 3.63) is 52.6 Å². The Labute approximate surface area is 237 Å². The van der Waals surface area contributed by atoms with Gasteiger partial charge in [-0.1, -0.05) is 38.3 Å². The van der Waals surface area contributed by atoms with Crippen molar-refractivity contribution < 1.29 is 9.59 Å². The zero-order valence-corrected chi connectivity index (χ0v) is 24.4. The van der Waals surface area contributed by atoms with E-state index in [1.165, 1.54) is 42.2 Å². The highest BCUT2D eigenvalue weighted by atomic mass is 16.2. The summed E-state index contributed by atoms with van der Waals surface area (Å²) in [6, 6.07) is 10.5. The smallest absolute Gasteiger partial charge is 0.338 e. The van der Waals surface area contributed by atoms with Crippen molar-refractivity contribution >= 4 is 17.8 Å². The number of nitrogens with one attached hydrogen (secondary N) is 1. The number of piperazine rings is 1. The van der Waals surface area contributed by atoms with Crippen LogP contribution in [0.4, 0.5) is 10.6 Å². The third-order valence-corrected chi connectivity index (χ3v) is 8.16. The van der Waals surface area contributed by atoms with E-state index >= 15 is 0 Å². The van der Waals surface area contributed by atoms with E-state index in [1.807, 2.05) is 12.1 Å². The number of rotatable bonds is 8. The van der Waals surface area contributed by atoms with Crippen LogP contribution in [0.3, 0.4) is 0 Å². The molecule has 1 unspecified atom stereocenters. The highest BCUT2D eigenvalue weighted by molar-refractivity contribution is 5.89. The van der Waals surface area contributed by atoms with Crippen molar-refractivity contribution in [1.82, 2.24) is 24.3 Å². The second-order valence-electron chi connectivity index (χ2n) is 11.7. The molecular formula is C30H45N7O3. The molecule has 1 aromatic heterocycles. The summed E-state index contributed by atoms with van der Waals surface area (Å²) < 4.78 is 1.47.